The summed E-state index contributed by atoms with van der Waals surface area (Å²) in [6, 6.07) is 13.1. The van der Waals surface area contributed by atoms with E-state index in [0.29, 0.717) is 5.69 Å². The van der Waals surface area contributed by atoms with Crippen LogP contribution >= 0.6 is 0 Å². The number of ether oxygens (including phenoxy) is 1. The molecule has 0 radical (unpaired) electrons. The van der Waals surface area contributed by atoms with Crippen LogP contribution in [0.4, 0.5) is 0 Å². The minimum absolute atomic E-state index is 0.279. The molecule has 5 nitrogen and oxygen atoms in total. The molecule has 0 N–H and O–H groups in total. The molecule has 1 aliphatic heterocycles. The number of rotatable bonds is 3. The molecule has 0 amide bonds. The van der Waals surface area contributed by atoms with Gasteiger partial charge in [0.1, 0.15) is 5.69 Å². The van der Waals surface area contributed by atoms with Crippen LogP contribution in [-0.2, 0) is 14.0 Å². The molecular weight excluding hydrogens is 317 g/mol. The zero-order valence-corrected chi connectivity index (χ0v) is 15.2. The van der Waals surface area contributed by atoms with Crippen LogP contribution in [0.25, 0.3) is 11.3 Å². The maximum absolute atomic E-state index is 11.7. The van der Waals surface area contributed by atoms with Gasteiger partial charge in [0.25, 0.3) is 0 Å². The van der Waals surface area contributed by atoms with Gasteiger partial charge in [-0.3, -0.25) is 0 Å². The van der Waals surface area contributed by atoms with Crippen LogP contribution < -0.4 is 5.46 Å². The molecule has 0 bridgehead atoms. The number of benzene rings is 1. The second-order valence-corrected chi connectivity index (χ2v) is 7.11. The highest BCUT2D eigenvalue weighted by atomic mass is 16.7. The molecule has 25 heavy (non-hydrogen) atoms. The van der Waals surface area contributed by atoms with E-state index in [1.165, 1.54) is 7.11 Å². The Morgan fingerprint density at radius 3 is 2.32 bits per heavy atom. The maximum atomic E-state index is 11.7. The lowest BCUT2D eigenvalue weighted by molar-refractivity contribution is 0.00578. The van der Waals surface area contributed by atoms with Crippen LogP contribution in [-0.4, -0.2) is 36.4 Å². The largest absolute Gasteiger partial charge is 0.494 e. The Balaban J connectivity index is 1.92. The zero-order chi connectivity index (χ0) is 18.2. The van der Waals surface area contributed by atoms with Crippen molar-refractivity contribution in [2.75, 3.05) is 7.11 Å². The van der Waals surface area contributed by atoms with E-state index in [1.807, 2.05) is 58.0 Å². The molecule has 2 aromatic rings. The van der Waals surface area contributed by atoms with E-state index in [-0.39, 0.29) is 5.69 Å². The first-order valence-corrected chi connectivity index (χ1v) is 8.25. The number of methoxy groups -OCH3 is 1. The van der Waals surface area contributed by atoms with Crippen LogP contribution in [0.3, 0.4) is 0 Å². The third-order valence-corrected chi connectivity index (χ3v) is 4.85. The van der Waals surface area contributed by atoms with E-state index in [0.717, 1.165) is 11.0 Å². The van der Waals surface area contributed by atoms with Gasteiger partial charge in [-0.15, -0.1) is 0 Å². The second-order valence-electron chi connectivity index (χ2n) is 7.11. The van der Waals surface area contributed by atoms with E-state index in [9.17, 15) is 4.79 Å². The Hall–Kier alpha value is -2.18. The predicted octanol–water partition coefficient (Wildman–Crippen LogP) is 2.83. The number of esters is 1. The summed E-state index contributed by atoms with van der Waals surface area (Å²) in [5, 5.41) is 0. The summed E-state index contributed by atoms with van der Waals surface area (Å²) in [4.78, 5) is 16.1. The number of aromatic nitrogens is 1. The number of hydrogen-bond acceptors (Lipinski definition) is 5. The molecule has 1 aromatic carbocycles. The van der Waals surface area contributed by atoms with E-state index in [2.05, 4.69) is 4.98 Å². The molecule has 3 rings (SSSR count). The van der Waals surface area contributed by atoms with Crippen molar-refractivity contribution in [1.82, 2.24) is 4.98 Å². The molecule has 130 valence electrons. The van der Waals surface area contributed by atoms with Crippen molar-refractivity contribution in [3.8, 4) is 11.3 Å². The minimum atomic E-state index is -0.455. The number of nitrogens with zero attached hydrogens (tertiary/aromatic N) is 1. The average molecular weight is 339 g/mol. The lowest BCUT2D eigenvalue weighted by Crippen LogP contribution is -2.41. The van der Waals surface area contributed by atoms with Gasteiger partial charge in [0.15, 0.2) is 0 Å². The quantitative estimate of drug-likeness (QED) is 0.636. The number of carbonyl (C=O) groups excluding carboxylic acids is 1. The summed E-state index contributed by atoms with van der Waals surface area (Å²) in [5.41, 5.74) is 2.00. The molecule has 1 fully saturated rings. The summed E-state index contributed by atoms with van der Waals surface area (Å²) < 4.78 is 16.9. The van der Waals surface area contributed by atoms with Gasteiger partial charge in [0.2, 0.25) is 0 Å². The van der Waals surface area contributed by atoms with Crippen molar-refractivity contribution in [1.29, 1.82) is 0 Å². The van der Waals surface area contributed by atoms with Gasteiger partial charge in [-0.25, -0.2) is 9.78 Å². The van der Waals surface area contributed by atoms with Crippen molar-refractivity contribution < 1.29 is 18.8 Å². The highest BCUT2D eigenvalue weighted by Crippen LogP contribution is 2.36. The summed E-state index contributed by atoms with van der Waals surface area (Å²) >= 11 is 0. The van der Waals surface area contributed by atoms with E-state index < -0.39 is 24.3 Å². The fourth-order valence-electron chi connectivity index (χ4n) is 2.64. The first-order chi connectivity index (χ1) is 11.7. The van der Waals surface area contributed by atoms with Gasteiger partial charge in [-0.1, -0.05) is 30.3 Å². The topological polar surface area (TPSA) is 57.7 Å². The van der Waals surface area contributed by atoms with Crippen LogP contribution in [0.15, 0.2) is 42.5 Å². The predicted molar refractivity (Wildman–Crippen MR) is 96.7 cm³/mol. The first kappa shape index (κ1) is 17.6. The van der Waals surface area contributed by atoms with Gasteiger partial charge in [0.05, 0.1) is 24.0 Å². The smallest absolute Gasteiger partial charge is 0.464 e. The Morgan fingerprint density at radius 2 is 1.68 bits per heavy atom. The molecule has 1 aliphatic rings. The summed E-state index contributed by atoms with van der Waals surface area (Å²) in [5.74, 6) is -0.455. The van der Waals surface area contributed by atoms with E-state index in [1.54, 1.807) is 12.1 Å². The number of pyridine rings is 1. The molecule has 1 saturated heterocycles. The van der Waals surface area contributed by atoms with Crippen LogP contribution in [0.1, 0.15) is 38.2 Å². The number of carbonyl (C=O) groups is 1. The fraction of sp³-hybridized carbons (Fsp3) is 0.368. The highest BCUT2D eigenvalue weighted by molar-refractivity contribution is 6.62. The lowest BCUT2D eigenvalue weighted by atomic mass is 9.78. The Labute approximate surface area is 148 Å². The highest BCUT2D eigenvalue weighted by Gasteiger charge is 2.51. The van der Waals surface area contributed by atoms with Crippen LogP contribution in [0.5, 0.6) is 0 Å². The summed E-state index contributed by atoms with van der Waals surface area (Å²) in [6.45, 7) is 8.10. The third-order valence-electron chi connectivity index (χ3n) is 4.85. The van der Waals surface area contributed by atoms with Crippen molar-refractivity contribution in [2.45, 2.75) is 38.9 Å². The molecule has 1 aromatic heterocycles. The van der Waals surface area contributed by atoms with Crippen molar-refractivity contribution >= 4 is 18.6 Å². The van der Waals surface area contributed by atoms with Gasteiger partial charge in [-0.2, -0.15) is 0 Å². The lowest BCUT2D eigenvalue weighted by Gasteiger charge is -2.32. The molecule has 0 aliphatic carbocycles. The average Bonchev–Trinajstić information content (AvgIpc) is 2.82. The van der Waals surface area contributed by atoms with Crippen LogP contribution in [0, 0.1) is 0 Å². The van der Waals surface area contributed by atoms with Crippen molar-refractivity contribution in [3.63, 3.8) is 0 Å². The SMILES string of the molecule is COC(=O)c1cccc(-c2cccc(B3OC(C)(C)C(C)(C)O3)c2)n1. The van der Waals surface area contributed by atoms with Crippen LogP contribution in [0.2, 0.25) is 0 Å². The molecule has 6 heteroatoms. The van der Waals surface area contributed by atoms with Gasteiger partial charge in [0, 0.05) is 0 Å². The minimum Gasteiger partial charge on any atom is -0.464 e. The molecule has 0 unspecified atom stereocenters. The second kappa shape index (κ2) is 6.28. The summed E-state index contributed by atoms with van der Waals surface area (Å²) in [6.07, 6.45) is 0. The molecule has 2 heterocycles. The van der Waals surface area contributed by atoms with Gasteiger partial charge < -0.3 is 14.0 Å². The zero-order valence-electron chi connectivity index (χ0n) is 15.2. The Bertz CT molecular complexity index is 788. The molecule has 0 spiro atoms. The van der Waals surface area contributed by atoms with Crippen molar-refractivity contribution in [2.24, 2.45) is 0 Å². The first-order valence-electron chi connectivity index (χ1n) is 8.25. The Kier molecular flexibility index (Phi) is 4.43. The third kappa shape index (κ3) is 3.32. The van der Waals surface area contributed by atoms with E-state index in [4.69, 9.17) is 14.0 Å². The van der Waals surface area contributed by atoms with E-state index >= 15 is 0 Å². The standard InChI is InChI=1S/C19H22BNO4/c1-18(2)19(3,4)25-20(24-18)14-9-6-8-13(12-14)15-10-7-11-16(21-15)17(22)23-5/h6-12H,1-5H3. The number of hydrogen-bond donors (Lipinski definition) is 0. The fourth-order valence-corrected chi connectivity index (χ4v) is 2.64. The Morgan fingerprint density at radius 1 is 1.04 bits per heavy atom. The summed E-state index contributed by atoms with van der Waals surface area (Å²) in [7, 11) is 0.906. The molecule has 0 saturated carbocycles. The monoisotopic (exact) mass is 339 g/mol. The molecular formula is C19H22BNO4. The van der Waals surface area contributed by atoms with Crippen molar-refractivity contribution in [3.05, 3.63) is 48.2 Å². The van der Waals surface area contributed by atoms with Gasteiger partial charge >= 0.3 is 13.1 Å². The normalized spacial score (nSPS) is 18.2. The van der Waals surface area contributed by atoms with Gasteiger partial charge in [-0.05, 0) is 50.9 Å². The molecule has 0 atom stereocenters. The maximum Gasteiger partial charge on any atom is 0.494 e.